The molecule has 0 aliphatic carbocycles. The number of aromatic nitrogens is 3. The average molecular weight is 300 g/mol. The van der Waals surface area contributed by atoms with E-state index in [0.29, 0.717) is 5.82 Å². The molecule has 1 saturated heterocycles. The molecule has 1 fully saturated rings. The first-order valence-corrected chi connectivity index (χ1v) is 7.55. The van der Waals surface area contributed by atoms with Crippen LogP contribution >= 0.6 is 0 Å². The summed E-state index contributed by atoms with van der Waals surface area (Å²) in [5.41, 5.74) is 0.968. The maximum absolute atomic E-state index is 12.2. The fourth-order valence-electron chi connectivity index (χ4n) is 2.86. The van der Waals surface area contributed by atoms with Gasteiger partial charge in [-0.05, 0) is 19.3 Å². The van der Waals surface area contributed by atoms with Crippen molar-refractivity contribution >= 4 is 5.91 Å². The zero-order valence-corrected chi connectivity index (χ0v) is 12.7. The van der Waals surface area contributed by atoms with E-state index in [1.54, 1.807) is 7.11 Å². The molecule has 6 heteroatoms. The van der Waals surface area contributed by atoms with Gasteiger partial charge >= 0.3 is 0 Å². The number of ether oxygens (including phenoxy) is 1. The van der Waals surface area contributed by atoms with Gasteiger partial charge in [0.2, 0.25) is 5.91 Å². The fourth-order valence-corrected chi connectivity index (χ4v) is 2.86. The normalized spacial score (nSPS) is 18.4. The van der Waals surface area contributed by atoms with E-state index in [4.69, 9.17) is 4.74 Å². The number of amides is 1. The minimum Gasteiger partial charge on any atom is -0.375 e. The lowest BCUT2D eigenvalue weighted by molar-refractivity contribution is -0.139. The van der Waals surface area contributed by atoms with Crippen LogP contribution in [0.25, 0.3) is 11.4 Å². The summed E-state index contributed by atoms with van der Waals surface area (Å²) in [6.07, 6.45) is 3.01. The van der Waals surface area contributed by atoms with Gasteiger partial charge in [-0.2, -0.15) is 5.10 Å². The predicted molar refractivity (Wildman–Crippen MR) is 82.0 cm³/mol. The van der Waals surface area contributed by atoms with Crippen molar-refractivity contribution in [1.29, 1.82) is 0 Å². The van der Waals surface area contributed by atoms with E-state index in [1.807, 2.05) is 35.2 Å². The molecule has 1 amide bonds. The number of likely N-dealkylation sites (tertiary alicyclic amines) is 1. The molecule has 1 aliphatic heterocycles. The van der Waals surface area contributed by atoms with Crippen LogP contribution in [-0.2, 0) is 9.53 Å². The van der Waals surface area contributed by atoms with E-state index in [2.05, 4.69) is 15.2 Å². The fraction of sp³-hybridized carbons (Fsp3) is 0.438. The van der Waals surface area contributed by atoms with Crippen molar-refractivity contribution in [3.63, 3.8) is 0 Å². The predicted octanol–water partition coefficient (Wildman–Crippen LogP) is 2.17. The van der Waals surface area contributed by atoms with Crippen LogP contribution in [0, 0.1) is 0 Å². The molecule has 3 rings (SSSR count). The third kappa shape index (κ3) is 3.01. The Balaban J connectivity index is 1.82. The molecule has 1 aromatic carbocycles. The Morgan fingerprint density at radius 2 is 2.18 bits per heavy atom. The number of H-pyrrole nitrogens is 1. The molecule has 1 aliphatic rings. The van der Waals surface area contributed by atoms with Crippen molar-refractivity contribution in [3.05, 3.63) is 36.2 Å². The Bertz CT molecular complexity index is 626. The molecule has 0 spiro atoms. The molecule has 0 saturated carbocycles. The summed E-state index contributed by atoms with van der Waals surface area (Å²) < 4.78 is 4.98. The number of benzene rings is 1. The third-order valence-corrected chi connectivity index (χ3v) is 3.94. The molecule has 22 heavy (non-hydrogen) atoms. The van der Waals surface area contributed by atoms with Gasteiger partial charge in [0.05, 0.1) is 6.04 Å². The van der Waals surface area contributed by atoms with Gasteiger partial charge in [0.1, 0.15) is 12.4 Å². The van der Waals surface area contributed by atoms with E-state index >= 15 is 0 Å². The number of piperidine rings is 1. The second-order valence-electron chi connectivity index (χ2n) is 5.44. The Kier molecular flexibility index (Phi) is 4.48. The lowest BCUT2D eigenvalue weighted by Gasteiger charge is -2.34. The van der Waals surface area contributed by atoms with E-state index in [-0.39, 0.29) is 18.6 Å². The number of aromatic amines is 1. The second kappa shape index (κ2) is 6.70. The third-order valence-electron chi connectivity index (χ3n) is 3.94. The van der Waals surface area contributed by atoms with Crippen molar-refractivity contribution in [2.45, 2.75) is 25.3 Å². The van der Waals surface area contributed by atoms with Crippen LogP contribution in [0.15, 0.2) is 30.3 Å². The maximum atomic E-state index is 12.2. The molecule has 1 aromatic heterocycles. The van der Waals surface area contributed by atoms with Crippen LogP contribution in [0.4, 0.5) is 0 Å². The minimum atomic E-state index is -0.0404. The highest BCUT2D eigenvalue weighted by atomic mass is 16.5. The molecule has 6 nitrogen and oxygen atoms in total. The minimum absolute atomic E-state index is 0.00450. The summed E-state index contributed by atoms with van der Waals surface area (Å²) in [6.45, 7) is 0.852. The highest BCUT2D eigenvalue weighted by molar-refractivity contribution is 5.78. The maximum Gasteiger partial charge on any atom is 0.249 e. The van der Waals surface area contributed by atoms with Crippen LogP contribution in [0.3, 0.4) is 0 Å². The van der Waals surface area contributed by atoms with Gasteiger partial charge in [-0.1, -0.05) is 30.3 Å². The summed E-state index contributed by atoms with van der Waals surface area (Å²) in [7, 11) is 1.54. The van der Waals surface area contributed by atoms with E-state index in [1.165, 1.54) is 0 Å². The summed E-state index contributed by atoms with van der Waals surface area (Å²) in [5, 5.41) is 7.30. The van der Waals surface area contributed by atoms with Gasteiger partial charge in [-0.15, -0.1) is 0 Å². The molecule has 2 aromatic rings. The molecular weight excluding hydrogens is 280 g/mol. The smallest absolute Gasteiger partial charge is 0.249 e. The highest BCUT2D eigenvalue weighted by Crippen LogP contribution is 2.29. The number of carbonyl (C=O) groups is 1. The number of nitrogens with zero attached hydrogens (tertiary/aromatic N) is 3. The standard InChI is InChI=1S/C16H20N4O2/c1-22-11-14(21)20-10-6-5-9-13(20)16-17-15(18-19-16)12-7-3-2-4-8-12/h2-4,7-8,13H,5-6,9-11H2,1H3,(H,17,18,19). The SMILES string of the molecule is COCC(=O)N1CCCCC1c1nc(-c2ccccc2)n[nH]1. The molecule has 2 heterocycles. The van der Waals surface area contributed by atoms with Crippen molar-refractivity contribution in [1.82, 2.24) is 20.1 Å². The monoisotopic (exact) mass is 300 g/mol. The Labute approximate surface area is 129 Å². The number of carbonyl (C=O) groups excluding carboxylic acids is 1. The molecule has 0 bridgehead atoms. The second-order valence-corrected chi connectivity index (χ2v) is 5.44. The number of hydrogen-bond donors (Lipinski definition) is 1. The zero-order chi connectivity index (χ0) is 15.4. The van der Waals surface area contributed by atoms with Crippen LogP contribution in [0.5, 0.6) is 0 Å². The van der Waals surface area contributed by atoms with Crippen LogP contribution in [0.1, 0.15) is 31.1 Å². The van der Waals surface area contributed by atoms with Crippen LogP contribution in [-0.4, -0.2) is 46.2 Å². The Hall–Kier alpha value is -2.21. The number of hydrogen-bond acceptors (Lipinski definition) is 4. The van der Waals surface area contributed by atoms with Crippen molar-refractivity contribution in [3.8, 4) is 11.4 Å². The lowest BCUT2D eigenvalue weighted by atomic mass is 10.0. The van der Waals surface area contributed by atoms with Crippen LogP contribution < -0.4 is 0 Å². The molecule has 116 valence electrons. The molecule has 1 atom stereocenters. The van der Waals surface area contributed by atoms with Crippen LogP contribution in [0.2, 0.25) is 0 Å². The number of nitrogens with one attached hydrogen (secondary N) is 1. The largest absolute Gasteiger partial charge is 0.375 e. The summed E-state index contributed by atoms with van der Waals surface area (Å²) in [4.78, 5) is 18.6. The van der Waals surface area contributed by atoms with E-state index < -0.39 is 0 Å². The first-order chi connectivity index (χ1) is 10.8. The van der Waals surface area contributed by atoms with Gasteiger partial charge in [0.25, 0.3) is 0 Å². The van der Waals surface area contributed by atoms with Gasteiger partial charge in [-0.3, -0.25) is 9.89 Å². The quantitative estimate of drug-likeness (QED) is 0.939. The first kappa shape index (κ1) is 14.7. The Morgan fingerprint density at radius 3 is 2.95 bits per heavy atom. The van der Waals surface area contributed by atoms with Gasteiger partial charge in [0, 0.05) is 19.2 Å². The Morgan fingerprint density at radius 1 is 1.36 bits per heavy atom. The first-order valence-electron chi connectivity index (χ1n) is 7.55. The summed E-state index contributed by atoms with van der Waals surface area (Å²) in [6, 6.07) is 9.79. The van der Waals surface area contributed by atoms with Gasteiger partial charge in [-0.25, -0.2) is 4.98 Å². The summed E-state index contributed by atoms with van der Waals surface area (Å²) in [5.74, 6) is 1.42. The number of rotatable bonds is 4. The molecular formula is C16H20N4O2. The van der Waals surface area contributed by atoms with Crippen molar-refractivity contribution < 1.29 is 9.53 Å². The zero-order valence-electron chi connectivity index (χ0n) is 12.7. The molecule has 1 unspecified atom stereocenters. The topological polar surface area (TPSA) is 71.1 Å². The van der Waals surface area contributed by atoms with Crippen molar-refractivity contribution in [2.24, 2.45) is 0 Å². The average Bonchev–Trinajstić information content (AvgIpc) is 3.06. The molecule has 1 N–H and O–H groups in total. The summed E-state index contributed by atoms with van der Waals surface area (Å²) >= 11 is 0. The highest BCUT2D eigenvalue weighted by Gasteiger charge is 2.30. The lowest BCUT2D eigenvalue weighted by Crippen LogP contribution is -2.40. The van der Waals surface area contributed by atoms with Gasteiger partial charge < -0.3 is 9.64 Å². The molecule has 0 radical (unpaired) electrons. The van der Waals surface area contributed by atoms with E-state index in [0.717, 1.165) is 37.2 Å². The van der Waals surface area contributed by atoms with Gasteiger partial charge in [0.15, 0.2) is 5.82 Å². The van der Waals surface area contributed by atoms with E-state index in [9.17, 15) is 4.79 Å². The van der Waals surface area contributed by atoms with Crippen molar-refractivity contribution in [2.75, 3.05) is 20.3 Å². The number of methoxy groups -OCH3 is 1.